The smallest absolute Gasteiger partial charge is 0.397 e. The minimum atomic E-state index is -1.08. The highest BCUT2D eigenvalue weighted by atomic mass is 31.2. The summed E-state index contributed by atoms with van der Waals surface area (Å²) >= 11 is 0. The fraction of sp³-hybridized carbons (Fsp3) is 0.667. The van der Waals surface area contributed by atoms with E-state index in [0.29, 0.717) is 6.61 Å². The van der Waals surface area contributed by atoms with Crippen molar-refractivity contribution in [3.8, 4) is 0 Å². The average Bonchev–Trinajstić information content (AvgIpc) is 2.31. The van der Waals surface area contributed by atoms with Crippen molar-refractivity contribution in [1.29, 1.82) is 0 Å². The molecule has 1 rings (SSSR count). The summed E-state index contributed by atoms with van der Waals surface area (Å²) in [6.45, 7) is 4.49. The van der Waals surface area contributed by atoms with Gasteiger partial charge in [-0.25, -0.2) is 0 Å². The molecule has 0 spiro atoms. The van der Waals surface area contributed by atoms with Crippen LogP contribution in [0.1, 0.15) is 13.8 Å². The molecule has 0 saturated carbocycles. The van der Waals surface area contributed by atoms with Crippen LogP contribution >= 0.6 is 8.60 Å². The molecule has 3 nitrogen and oxygen atoms in total. The molecule has 1 saturated heterocycles. The molecule has 1 aliphatic rings. The van der Waals surface area contributed by atoms with E-state index in [9.17, 15) is 0 Å². The number of hydrogen-bond donors (Lipinski definition) is 0. The Morgan fingerprint density at radius 2 is 2.50 bits per heavy atom. The average molecular weight is 162 g/mol. The van der Waals surface area contributed by atoms with Crippen molar-refractivity contribution in [2.45, 2.75) is 20.0 Å². The van der Waals surface area contributed by atoms with Crippen LogP contribution in [0.25, 0.3) is 0 Å². The van der Waals surface area contributed by atoms with Gasteiger partial charge in [-0.3, -0.25) is 9.05 Å². The molecule has 2 atom stereocenters. The van der Waals surface area contributed by atoms with E-state index in [2.05, 4.69) is 0 Å². The van der Waals surface area contributed by atoms with Crippen LogP contribution in [0.5, 0.6) is 0 Å². The van der Waals surface area contributed by atoms with Crippen LogP contribution in [0.15, 0.2) is 12.3 Å². The summed E-state index contributed by atoms with van der Waals surface area (Å²) in [5, 5.41) is 0. The van der Waals surface area contributed by atoms with Gasteiger partial charge in [0.2, 0.25) is 0 Å². The minimum Gasteiger partial charge on any atom is -0.435 e. The summed E-state index contributed by atoms with van der Waals surface area (Å²) in [4.78, 5) is 0. The topological polar surface area (TPSA) is 27.7 Å². The normalized spacial score (nSPS) is 33.4. The zero-order valence-electron chi connectivity index (χ0n) is 6.11. The Hall–Kier alpha value is -0.110. The van der Waals surface area contributed by atoms with Gasteiger partial charge < -0.3 is 4.52 Å². The van der Waals surface area contributed by atoms with Gasteiger partial charge in [-0.05, 0) is 13.8 Å². The van der Waals surface area contributed by atoms with Crippen molar-refractivity contribution < 1.29 is 13.6 Å². The molecule has 0 bridgehead atoms. The third-order valence-corrected chi connectivity index (χ3v) is 2.15. The molecule has 0 aliphatic carbocycles. The van der Waals surface area contributed by atoms with E-state index < -0.39 is 8.60 Å². The molecule has 1 fully saturated rings. The molecule has 2 unspecified atom stereocenters. The van der Waals surface area contributed by atoms with E-state index in [-0.39, 0.29) is 6.10 Å². The van der Waals surface area contributed by atoms with Gasteiger partial charge in [0.25, 0.3) is 0 Å². The number of rotatable bonds is 2. The minimum absolute atomic E-state index is 0.177. The lowest BCUT2D eigenvalue weighted by Gasteiger charge is -2.03. The predicted molar refractivity (Wildman–Crippen MR) is 39.3 cm³/mol. The van der Waals surface area contributed by atoms with Gasteiger partial charge in [0.1, 0.15) is 0 Å². The van der Waals surface area contributed by atoms with E-state index in [1.54, 1.807) is 12.3 Å². The SMILES string of the molecule is CC=COP1OCC(C)O1. The highest BCUT2D eigenvalue weighted by molar-refractivity contribution is 7.42. The third-order valence-electron chi connectivity index (χ3n) is 0.964. The van der Waals surface area contributed by atoms with E-state index in [0.717, 1.165) is 0 Å². The molecule has 0 aromatic carbocycles. The highest BCUT2D eigenvalue weighted by Crippen LogP contribution is 2.46. The summed E-state index contributed by atoms with van der Waals surface area (Å²) in [6, 6.07) is 0. The zero-order chi connectivity index (χ0) is 7.40. The molecule has 58 valence electrons. The van der Waals surface area contributed by atoms with E-state index in [1.165, 1.54) is 0 Å². The van der Waals surface area contributed by atoms with Gasteiger partial charge in [-0.15, -0.1) is 0 Å². The first-order chi connectivity index (χ1) is 4.83. The second kappa shape index (κ2) is 3.91. The summed E-state index contributed by atoms with van der Waals surface area (Å²) < 4.78 is 15.4. The Balaban J connectivity index is 2.18. The molecule has 4 heteroatoms. The van der Waals surface area contributed by atoms with Gasteiger partial charge in [0, 0.05) is 0 Å². The molecule has 0 aromatic rings. The van der Waals surface area contributed by atoms with Crippen LogP contribution in [0.2, 0.25) is 0 Å². The number of hydrogen-bond acceptors (Lipinski definition) is 3. The van der Waals surface area contributed by atoms with Crippen molar-refractivity contribution >= 4 is 8.60 Å². The van der Waals surface area contributed by atoms with Crippen LogP contribution in [-0.4, -0.2) is 12.7 Å². The second-order valence-electron chi connectivity index (χ2n) is 2.01. The lowest BCUT2D eigenvalue weighted by molar-refractivity contribution is 0.253. The highest BCUT2D eigenvalue weighted by Gasteiger charge is 2.25. The maximum atomic E-state index is 5.23. The molecule has 10 heavy (non-hydrogen) atoms. The Morgan fingerprint density at radius 3 is 3.00 bits per heavy atom. The van der Waals surface area contributed by atoms with Gasteiger partial charge in [-0.2, -0.15) is 0 Å². The molecule has 0 radical (unpaired) electrons. The first-order valence-corrected chi connectivity index (χ1v) is 4.30. The van der Waals surface area contributed by atoms with Gasteiger partial charge in [-0.1, -0.05) is 6.08 Å². The van der Waals surface area contributed by atoms with Gasteiger partial charge >= 0.3 is 8.60 Å². The lowest BCUT2D eigenvalue weighted by atomic mass is 10.5. The first kappa shape index (κ1) is 7.99. The molecule has 0 amide bonds. The summed E-state index contributed by atoms with van der Waals surface area (Å²) in [5.74, 6) is 0. The van der Waals surface area contributed by atoms with Crippen LogP contribution in [0.4, 0.5) is 0 Å². The van der Waals surface area contributed by atoms with Crippen LogP contribution in [0.3, 0.4) is 0 Å². The van der Waals surface area contributed by atoms with Gasteiger partial charge in [0.05, 0.1) is 19.0 Å². The Bertz CT molecular complexity index is 126. The second-order valence-corrected chi connectivity index (χ2v) is 3.14. The standard InChI is InChI=1S/C6H11O3P/c1-3-4-7-10-8-5-6(2)9-10/h3-4,6H,5H2,1-2H3. The van der Waals surface area contributed by atoms with Crippen molar-refractivity contribution in [2.24, 2.45) is 0 Å². The summed E-state index contributed by atoms with van der Waals surface area (Å²) in [5.41, 5.74) is 0. The van der Waals surface area contributed by atoms with E-state index in [1.807, 2.05) is 13.8 Å². The van der Waals surface area contributed by atoms with E-state index >= 15 is 0 Å². The Kier molecular flexibility index (Phi) is 3.13. The quantitative estimate of drug-likeness (QED) is 0.460. The van der Waals surface area contributed by atoms with Crippen molar-refractivity contribution in [1.82, 2.24) is 0 Å². The van der Waals surface area contributed by atoms with E-state index in [4.69, 9.17) is 13.6 Å². The predicted octanol–water partition coefficient (Wildman–Crippen LogP) is 2.20. The fourth-order valence-electron chi connectivity index (χ4n) is 0.539. The Morgan fingerprint density at radius 1 is 1.70 bits per heavy atom. The maximum absolute atomic E-state index is 5.23. The molecule has 0 N–H and O–H groups in total. The molecular weight excluding hydrogens is 151 g/mol. The number of allylic oxidation sites excluding steroid dienone is 1. The lowest BCUT2D eigenvalue weighted by Crippen LogP contribution is -1.99. The van der Waals surface area contributed by atoms with Crippen molar-refractivity contribution in [2.75, 3.05) is 6.61 Å². The Labute approximate surface area is 62.0 Å². The monoisotopic (exact) mass is 162 g/mol. The molecular formula is C6H11O3P. The van der Waals surface area contributed by atoms with Crippen LogP contribution in [0, 0.1) is 0 Å². The maximum Gasteiger partial charge on any atom is 0.397 e. The van der Waals surface area contributed by atoms with Gasteiger partial charge in [0.15, 0.2) is 0 Å². The van der Waals surface area contributed by atoms with Crippen LogP contribution < -0.4 is 0 Å². The van der Waals surface area contributed by atoms with Crippen molar-refractivity contribution in [3.63, 3.8) is 0 Å². The first-order valence-electron chi connectivity index (χ1n) is 3.20. The van der Waals surface area contributed by atoms with Crippen molar-refractivity contribution in [3.05, 3.63) is 12.3 Å². The largest absolute Gasteiger partial charge is 0.435 e. The molecule has 0 aromatic heterocycles. The third kappa shape index (κ3) is 2.25. The molecule has 1 heterocycles. The summed E-state index contributed by atoms with van der Waals surface area (Å²) in [7, 11) is -1.08. The molecule has 1 aliphatic heterocycles. The van der Waals surface area contributed by atoms with Crippen LogP contribution in [-0.2, 0) is 13.6 Å². The summed E-state index contributed by atoms with van der Waals surface area (Å²) in [6.07, 6.45) is 3.57. The zero-order valence-corrected chi connectivity index (χ0v) is 7.01. The fourth-order valence-corrected chi connectivity index (χ4v) is 1.62.